The largest absolute Gasteiger partial charge is 0.381 e. The van der Waals surface area contributed by atoms with Crippen LogP contribution in [0.5, 0.6) is 0 Å². The van der Waals surface area contributed by atoms with Crippen LogP contribution in [0, 0.1) is 0 Å². The zero-order valence-corrected chi connectivity index (χ0v) is 15.8. The van der Waals surface area contributed by atoms with E-state index in [-0.39, 0.29) is 4.75 Å². The van der Waals surface area contributed by atoms with E-state index in [1.54, 1.807) is 11.3 Å². The van der Waals surface area contributed by atoms with Gasteiger partial charge in [0.05, 0.1) is 10.9 Å². The predicted octanol–water partition coefficient (Wildman–Crippen LogP) is 3.32. The molecule has 1 aromatic rings. The van der Waals surface area contributed by atoms with Crippen LogP contribution < -0.4 is 5.32 Å². The van der Waals surface area contributed by atoms with Crippen molar-refractivity contribution in [2.24, 2.45) is 4.99 Å². The Morgan fingerprint density at radius 2 is 2.23 bits per heavy atom. The van der Waals surface area contributed by atoms with Crippen LogP contribution in [0.3, 0.4) is 0 Å². The summed E-state index contributed by atoms with van der Waals surface area (Å²) in [4.78, 5) is 7.77. The van der Waals surface area contributed by atoms with Gasteiger partial charge in [-0.25, -0.2) is 0 Å². The third kappa shape index (κ3) is 4.78. The van der Waals surface area contributed by atoms with E-state index in [2.05, 4.69) is 34.6 Å². The first-order chi connectivity index (χ1) is 10.6. The summed E-state index contributed by atoms with van der Waals surface area (Å²) in [5.74, 6) is 0.921. The smallest absolute Gasteiger partial charge is 0.193 e. The first-order valence-electron chi connectivity index (χ1n) is 7.37. The van der Waals surface area contributed by atoms with Gasteiger partial charge in [-0.1, -0.05) is 11.6 Å². The van der Waals surface area contributed by atoms with Crippen molar-refractivity contribution >= 4 is 40.7 Å². The van der Waals surface area contributed by atoms with Crippen LogP contribution in [0.2, 0.25) is 4.34 Å². The molecule has 0 saturated carbocycles. The maximum absolute atomic E-state index is 6.00. The molecule has 1 aliphatic heterocycles. The van der Waals surface area contributed by atoms with Crippen LogP contribution in [-0.2, 0) is 11.3 Å². The second-order valence-corrected chi connectivity index (χ2v) is 8.54. The lowest BCUT2D eigenvalue weighted by Crippen LogP contribution is -2.48. The highest BCUT2D eigenvalue weighted by atomic mass is 35.5. The Hall–Kier alpha value is -0.430. The summed E-state index contributed by atoms with van der Waals surface area (Å²) in [5.41, 5.74) is 0. The fourth-order valence-electron chi connectivity index (χ4n) is 2.57. The Labute approximate surface area is 146 Å². The molecule has 0 aliphatic carbocycles. The fourth-order valence-corrected chi connectivity index (χ4v) is 4.50. The number of aliphatic imine (C=N–C) groups is 1. The predicted molar refractivity (Wildman–Crippen MR) is 98.5 cm³/mol. The molecule has 0 atom stereocenters. The van der Waals surface area contributed by atoms with Crippen LogP contribution in [0.15, 0.2) is 17.1 Å². The third-order valence-corrected chi connectivity index (χ3v) is 6.64. The molecule has 2 heterocycles. The quantitative estimate of drug-likeness (QED) is 0.644. The molecule has 1 aliphatic rings. The van der Waals surface area contributed by atoms with Gasteiger partial charge >= 0.3 is 0 Å². The lowest BCUT2D eigenvalue weighted by molar-refractivity contribution is 0.0781. The molecule has 0 aromatic carbocycles. The van der Waals surface area contributed by atoms with Gasteiger partial charge in [-0.2, -0.15) is 11.8 Å². The molecule has 4 nitrogen and oxygen atoms in total. The molecule has 7 heteroatoms. The molecule has 0 spiro atoms. The Morgan fingerprint density at radius 1 is 1.50 bits per heavy atom. The van der Waals surface area contributed by atoms with Gasteiger partial charge in [0.1, 0.15) is 0 Å². The van der Waals surface area contributed by atoms with Crippen LogP contribution in [0.4, 0.5) is 0 Å². The van der Waals surface area contributed by atoms with E-state index in [9.17, 15) is 0 Å². The maximum Gasteiger partial charge on any atom is 0.193 e. The van der Waals surface area contributed by atoms with Gasteiger partial charge in [-0.3, -0.25) is 4.99 Å². The Morgan fingerprint density at radius 3 is 2.77 bits per heavy atom. The standard InChI is InChI=1S/C15H24ClN3OS2/c1-17-14(19(2)10-12-4-5-13(16)22-12)18-11-15(21-3)6-8-20-9-7-15/h4-5H,6-11H2,1-3H3,(H,17,18). The molecule has 1 fully saturated rings. The summed E-state index contributed by atoms with van der Waals surface area (Å²) in [6.45, 7) is 3.43. The number of thiophene rings is 1. The topological polar surface area (TPSA) is 36.9 Å². The zero-order chi connectivity index (χ0) is 16.0. The van der Waals surface area contributed by atoms with Gasteiger partial charge in [0.2, 0.25) is 0 Å². The van der Waals surface area contributed by atoms with Crippen molar-refractivity contribution in [3.63, 3.8) is 0 Å². The van der Waals surface area contributed by atoms with E-state index in [0.29, 0.717) is 0 Å². The molecule has 1 aromatic heterocycles. The maximum atomic E-state index is 6.00. The van der Waals surface area contributed by atoms with E-state index in [1.807, 2.05) is 24.9 Å². The lowest BCUT2D eigenvalue weighted by Gasteiger charge is -2.36. The van der Waals surface area contributed by atoms with Crippen molar-refractivity contribution in [2.75, 3.05) is 40.1 Å². The van der Waals surface area contributed by atoms with E-state index in [1.165, 1.54) is 4.88 Å². The summed E-state index contributed by atoms with van der Waals surface area (Å²) in [5, 5.41) is 3.53. The van der Waals surface area contributed by atoms with Crippen molar-refractivity contribution in [1.29, 1.82) is 0 Å². The van der Waals surface area contributed by atoms with Crippen LogP contribution >= 0.6 is 34.7 Å². The molecular formula is C15H24ClN3OS2. The molecule has 124 valence electrons. The summed E-state index contributed by atoms with van der Waals surface area (Å²) in [6.07, 6.45) is 4.36. The lowest BCUT2D eigenvalue weighted by atomic mass is 9.99. The number of halogens is 1. The number of rotatable bonds is 5. The van der Waals surface area contributed by atoms with Crippen LogP contribution in [0.25, 0.3) is 0 Å². The summed E-state index contributed by atoms with van der Waals surface area (Å²) < 4.78 is 6.58. The Bertz CT molecular complexity index is 501. The fraction of sp³-hybridized carbons (Fsp3) is 0.667. The van der Waals surface area contributed by atoms with Crippen LogP contribution in [0.1, 0.15) is 17.7 Å². The van der Waals surface area contributed by atoms with Crippen molar-refractivity contribution in [3.8, 4) is 0 Å². The molecular weight excluding hydrogens is 338 g/mol. The molecule has 22 heavy (non-hydrogen) atoms. The van der Waals surface area contributed by atoms with Crippen molar-refractivity contribution in [2.45, 2.75) is 24.1 Å². The highest BCUT2D eigenvalue weighted by Crippen LogP contribution is 2.33. The number of thioether (sulfide) groups is 1. The van der Waals surface area contributed by atoms with Gasteiger partial charge in [-0.05, 0) is 31.2 Å². The number of ether oxygens (including phenoxy) is 1. The highest BCUT2D eigenvalue weighted by molar-refractivity contribution is 8.00. The first kappa shape index (κ1) is 17.9. The minimum absolute atomic E-state index is 0.251. The van der Waals surface area contributed by atoms with Gasteiger partial charge < -0.3 is 15.0 Å². The first-order valence-corrected chi connectivity index (χ1v) is 9.79. The zero-order valence-electron chi connectivity index (χ0n) is 13.4. The highest BCUT2D eigenvalue weighted by Gasteiger charge is 2.32. The van der Waals surface area contributed by atoms with E-state index < -0.39 is 0 Å². The van der Waals surface area contributed by atoms with E-state index in [0.717, 1.165) is 49.4 Å². The van der Waals surface area contributed by atoms with Crippen molar-refractivity contribution < 1.29 is 4.74 Å². The van der Waals surface area contributed by atoms with Crippen molar-refractivity contribution in [1.82, 2.24) is 10.2 Å². The number of nitrogens with one attached hydrogen (secondary N) is 1. The summed E-state index contributed by atoms with van der Waals surface area (Å²) in [7, 11) is 3.88. The SMILES string of the molecule is CN=C(NCC1(SC)CCOCC1)N(C)Cc1ccc(Cl)s1. The monoisotopic (exact) mass is 361 g/mol. The summed E-state index contributed by atoms with van der Waals surface area (Å²) in [6, 6.07) is 4.01. The van der Waals surface area contributed by atoms with Crippen molar-refractivity contribution in [3.05, 3.63) is 21.3 Å². The minimum atomic E-state index is 0.251. The molecule has 0 unspecified atom stereocenters. The normalized spacial score (nSPS) is 18.3. The molecule has 0 amide bonds. The molecule has 1 saturated heterocycles. The average molecular weight is 362 g/mol. The average Bonchev–Trinajstić information content (AvgIpc) is 2.94. The van der Waals surface area contributed by atoms with Gasteiger partial charge in [-0.15, -0.1) is 11.3 Å². The van der Waals surface area contributed by atoms with Crippen LogP contribution in [-0.4, -0.2) is 55.7 Å². The number of guanidine groups is 1. The Kier molecular flexibility index (Phi) is 6.87. The van der Waals surface area contributed by atoms with E-state index in [4.69, 9.17) is 16.3 Å². The second-order valence-electron chi connectivity index (χ2n) is 5.46. The number of nitrogens with zero attached hydrogens (tertiary/aromatic N) is 2. The minimum Gasteiger partial charge on any atom is -0.381 e. The van der Waals surface area contributed by atoms with Gasteiger partial charge in [0.25, 0.3) is 0 Å². The van der Waals surface area contributed by atoms with E-state index >= 15 is 0 Å². The number of hydrogen-bond donors (Lipinski definition) is 1. The van der Waals surface area contributed by atoms with Gasteiger partial charge in [0.15, 0.2) is 5.96 Å². The van der Waals surface area contributed by atoms with Gasteiger partial charge in [0, 0.05) is 43.5 Å². The number of hydrogen-bond acceptors (Lipinski definition) is 4. The summed E-state index contributed by atoms with van der Waals surface area (Å²) >= 11 is 9.54. The Balaban J connectivity index is 1.91. The third-order valence-electron chi connectivity index (χ3n) is 4.00. The molecule has 0 radical (unpaired) electrons. The molecule has 2 rings (SSSR count). The second kappa shape index (κ2) is 8.43. The molecule has 0 bridgehead atoms. The molecule has 1 N–H and O–H groups in total.